The van der Waals surface area contributed by atoms with E-state index in [9.17, 15) is 0 Å². The molecule has 8 heteroatoms. The highest BCUT2D eigenvalue weighted by atomic mass is 32.1. The summed E-state index contributed by atoms with van der Waals surface area (Å²) in [5, 5.41) is 12.5. The van der Waals surface area contributed by atoms with Gasteiger partial charge in [0.15, 0.2) is 0 Å². The van der Waals surface area contributed by atoms with Crippen molar-refractivity contribution in [2.24, 2.45) is 0 Å². The fourth-order valence-electron chi connectivity index (χ4n) is 14.4. The molecule has 364 valence electrons. The zero-order valence-electron chi connectivity index (χ0n) is 41.3. The number of benzene rings is 10. The van der Waals surface area contributed by atoms with Gasteiger partial charge in [0.1, 0.15) is 33.0 Å². The molecule has 8 heterocycles. The highest BCUT2D eigenvalue weighted by Gasteiger charge is 2.61. The van der Waals surface area contributed by atoms with Crippen molar-refractivity contribution in [2.45, 2.75) is 10.8 Å². The van der Waals surface area contributed by atoms with Gasteiger partial charge in [0.2, 0.25) is 0 Å². The molecule has 2 aliphatic heterocycles. The van der Waals surface area contributed by atoms with Crippen LogP contribution in [0.3, 0.4) is 0 Å². The monoisotopic (exact) mass is 1070 g/mol. The molecule has 78 heavy (non-hydrogen) atoms. The smallest absolute Gasteiger partial charge is 0.132 e. The van der Waals surface area contributed by atoms with E-state index in [2.05, 4.69) is 240 Å². The van der Waals surface area contributed by atoms with Crippen molar-refractivity contribution in [2.75, 3.05) is 0 Å². The Morgan fingerprint density at radius 3 is 1.04 bits per heavy atom. The molecule has 0 radical (unpaired) electrons. The van der Waals surface area contributed by atoms with Gasteiger partial charge in [-0.25, -0.2) is 0 Å². The maximum atomic E-state index is 7.11. The Morgan fingerprint density at radius 2 is 0.628 bits per heavy atom. The first-order valence-corrected chi connectivity index (χ1v) is 29.7. The quantitative estimate of drug-likeness (QED) is 0.173. The molecule has 6 aromatic heterocycles. The number of rotatable bonds is 2. The molecule has 3 aliphatic rings. The zero-order chi connectivity index (χ0) is 50.6. The topological polar surface area (TPSA) is 28.3 Å². The summed E-state index contributed by atoms with van der Waals surface area (Å²) in [5.74, 6) is 3.47. The van der Waals surface area contributed by atoms with Crippen LogP contribution in [0.5, 0.6) is 23.0 Å². The van der Waals surface area contributed by atoms with Gasteiger partial charge >= 0.3 is 0 Å². The van der Waals surface area contributed by atoms with E-state index >= 15 is 0 Å². The predicted molar refractivity (Wildman–Crippen MR) is 327 cm³/mol. The Morgan fingerprint density at radius 1 is 0.282 bits per heavy atom. The molecule has 1 aliphatic carbocycles. The zero-order valence-corrected chi connectivity index (χ0v) is 44.5. The molecule has 0 fully saturated rings. The van der Waals surface area contributed by atoms with Crippen molar-refractivity contribution >= 4 is 129 Å². The highest BCUT2D eigenvalue weighted by Crippen LogP contribution is 2.70. The van der Waals surface area contributed by atoms with Crippen molar-refractivity contribution in [3.8, 4) is 33.0 Å². The molecule has 0 amide bonds. The SMILES string of the molecule is c1ccc2c(c1)Oc1ccccc1C21c2cc(-n3c4ccccc4c4ccc5sc6ccccc6c5c43)sc2C2(c3ccccc3Oc3ccccc32)c2cc(-n3c4ccccc4c4ccc5sc6ccccc6c5c43)sc21. The fourth-order valence-corrected chi connectivity index (χ4v) is 19.5. The van der Waals surface area contributed by atoms with Crippen LogP contribution in [-0.2, 0) is 10.8 Å². The van der Waals surface area contributed by atoms with Crippen LogP contribution in [0.15, 0.2) is 231 Å². The number of aromatic nitrogens is 2. The Kier molecular flexibility index (Phi) is 8.17. The van der Waals surface area contributed by atoms with E-state index < -0.39 is 10.8 Å². The van der Waals surface area contributed by atoms with Gasteiger partial charge < -0.3 is 9.47 Å². The lowest BCUT2D eigenvalue weighted by atomic mass is 9.54. The molecule has 0 saturated heterocycles. The molecule has 19 rings (SSSR count). The third-order valence-corrected chi connectivity index (χ3v) is 22.1. The molecular weight excluding hydrogens is 1030 g/mol. The minimum atomic E-state index is -0.826. The van der Waals surface area contributed by atoms with Crippen LogP contribution >= 0.6 is 45.3 Å². The second-order valence-electron chi connectivity index (χ2n) is 20.9. The molecular formula is C70H38N2O2S4. The van der Waals surface area contributed by atoms with Gasteiger partial charge in [-0.15, -0.1) is 45.3 Å². The van der Waals surface area contributed by atoms with Gasteiger partial charge in [-0.05, 0) is 83.9 Å². The van der Waals surface area contributed by atoms with Crippen molar-refractivity contribution in [3.05, 3.63) is 274 Å². The lowest BCUT2D eigenvalue weighted by Crippen LogP contribution is -2.45. The number of hydrogen-bond acceptors (Lipinski definition) is 6. The van der Waals surface area contributed by atoms with Crippen molar-refractivity contribution < 1.29 is 9.47 Å². The summed E-state index contributed by atoms with van der Waals surface area (Å²) in [7, 11) is 0. The van der Waals surface area contributed by atoms with E-state index in [1.165, 1.54) is 115 Å². The molecule has 2 spiro atoms. The second-order valence-corrected chi connectivity index (χ2v) is 25.1. The van der Waals surface area contributed by atoms with E-state index in [4.69, 9.17) is 9.47 Å². The van der Waals surface area contributed by atoms with Crippen LogP contribution in [-0.4, -0.2) is 9.13 Å². The Labute approximate surface area is 462 Å². The molecule has 0 atom stereocenters. The number of nitrogens with zero attached hydrogens (tertiary/aromatic N) is 2. The van der Waals surface area contributed by atoms with E-state index in [1.54, 1.807) is 0 Å². The van der Waals surface area contributed by atoms with Crippen LogP contribution < -0.4 is 9.47 Å². The standard InChI is InChI=1S/C70H38N2O2S4/c1-9-25-51-39(17-1)41-33-35-59-63(43-19-3-15-31-57(43)75-59)65(41)71(51)61-37-49-67(77-61)70(47-23-7-13-29-55(47)74-56-30-14-8-24-48(56)70)50-38-62(78-68(50)69(49)45-21-5-11-27-53(45)73-54-28-12-6-22-46(54)69)72-52-26-10-2-18-40(52)42-34-36-60-64(66(42)72)44-20-4-16-32-58(44)76-60/h1-38H. The molecule has 16 aromatic rings. The molecule has 0 bridgehead atoms. The molecule has 4 nitrogen and oxygen atoms in total. The van der Waals surface area contributed by atoms with Crippen molar-refractivity contribution in [1.82, 2.24) is 9.13 Å². The van der Waals surface area contributed by atoms with Crippen LogP contribution in [0.2, 0.25) is 0 Å². The average Bonchev–Trinajstić information content (AvgIpc) is 3.48. The van der Waals surface area contributed by atoms with E-state index in [0.29, 0.717) is 0 Å². The second kappa shape index (κ2) is 15.0. The number of para-hydroxylation sites is 6. The molecule has 0 saturated carbocycles. The van der Waals surface area contributed by atoms with Crippen molar-refractivity contribution in [1.29, 1.82) is 0 Å². The van der Waals surface area contributed by atoms with Crippen LogP contribution in [0.1, 0.15) is 43.1 Å². The molecule has 0 unspecified atom stereocenters. The van der Waals surface area contributed by atoms with Crippen LogP contribution in [0.4, 0.5) is 0 Å². The van der Waals surface area contributed by atoms with Crippen LogP contribution in [0, 0.1) is 0 Å². The highest BCUT2D eigenvalue weighted by molar-refractivity contribution is 7.26. The first kappa shape index (κ1) is 42.4. The largest absolute Gasteiger partial charge is 0.457 e. The van der Waals surface area contributed by atoms with Gasteiger partial charge in [0.25, 0.3) is 0 Å². The lowest BCUT2D eigenvalue weighted by molar-refractivity contribution is 0.418. The minimum absolute atomic E-state index is 0.826. The maximum Gasteiger partial charge on any atom is 0.132 e. The first-order chi connectivity index (χ1) is 38.7. The first-order valence-electron chi connectivity index (χ1n) is 26.4. The number of hydrogen-bond donors (Lipinski definition) is 0. The fraction of sp³-hybridized carbons (Fsp3) is 0.0286. The molecule has 0 N–H and O–H groups in total. The number of thiophene rings is 4. The molecule has 10 aromatic carbocycles. The van der Waals surface area contributed by atoms with Crippen LogP contribution in [0.25, 0.3) is 94.0 Å². The summed E-state index contributed by atoms with van der Waals surface area (Å²) >= 11 is 7.63. The Bertz CT molecular complexity index is 4860. The summed E-state index contributed by atoms with van der Waals surface area (Å²) in [6, 6.07) is 85.9. The Hall–Kier alpha value is -8.76. The normalized spacial score (nSPS) is 14.6. The summed E-state index contributed by atoms with van der Waals surface area (Å²) < 4.78 is 24.6. The van der Waals surface area contributed by atoms with Gasteiger partial charge in [0.05, 0.1) is 32.9 Å². The van der Waals surface area contributed by atoms with Gasteiger partial charge in [0, 0.05) is 93.9 Å². The van der Waals surface area contributed by atoms with E-state index in [0.717, 1.165) is 45.3 Å². The van der Waals surface area contributed by atoms with E-state index in [-0.39, 0.29) is 0 Å². The van der Waals surface area contributed by atoms with Gasteiger partial charge in [-0.1, -0.05) is 158 Å². The lowest BCUT2D eigenvalue weighted by Gasteiger charge is -2.50. The third-order valence-electron chi connectivity index (χ3n) is 17.3. The predicted octanol–water partition coefficient (Wildman–Crippen LogP) is 20.0. The van der Waals surface area contributed by atoms with Crippen molar-refractivity contribution in [3.63, 3.8) is 0 Å². The summed E-state index contributed by atoms with van der Waals surface area (Å²) in [6.07, 6.45) is 0. The minimum Gasteiger partial charge on any atom is -0.457 e. The Balaban J connectivity index is 1.03. The number of ether oxygens (including phenoxy) is 2. The number of fused-ring (bicyclic) bond motifs is 28. The summed E-state index contributed by atoms with van der Waals surface area (Å²) in [4.78, 5) is 2.54. The average molecular weight is 1070 g/mol. The van der Waals surface area contributed by atoms with E-state index in [1.807, 2.05) is 45.3 Å². The van der Waals surface area contributed by atoms with Gasteiger partial charge in [-0.3, -0.25) is 9.13 Å². The summed E-state index contributed by atoms with van der Waals surface area (Å²) in [5.41, 5.74) is 10.2. The summed E-state index contributed by atoms with van der Waals surface area (Å²) in [6.45, 7) is 0. The van der Waals surface area contributed by atoms with Gasteiger partial charge in [-0.2, -0.15) is 0 Å². The third kappa shape index (κ3) is 5.07. The maximum absolute atomic E-state index is 7.11.